The molecule has 0 aliphatic carbocycles. The second-order valence-electron chi connectivity index (χ2n) is 4.46. The first-order chi connectivity index (χ1) is 9.63. The number of halogens is 2. The fourth-order valence-electron chi connectivity index (χ4n) is 1.83. The van der Waals surface area contributed by atoms with E-state index in [1.54, 1.807) is 6.07 Å². The zero-order valence-electron chi connectivity index (χ0n) is 11.6. The number of aryl methyl sites for hydroxylation is 1. The first-order valence-electron chi connectivity index (χ1n) is 6.71. The van der Waals surface area contributed by atoms with E-state index in [0.29, 0.717) is 23.8 Å². The SMILES string of the molecule is CCCNc1cc(-c2ccc(F)cc2F)nc(CC)n1. The van der Waals surface area contributed by atoms with E-state index in [-0.39, 0.29) is 5.56 Å². The maximum atomic E-state index is 13.8. The van der Waals surface area contributed by atoms with Crippen molar-refractivity contribution in [1.82, 2.24) is 9.97 Å². The highest BCUT2D eigenvalue weighted by Crippen LogP contribution is 2.23. The molecule has 0 saturated carbocycles. The van der Waals surface area contributed by atoms with Crippen molar-refractivity contribution in [2.24, 2.45) is 0 Å². The molecule has 20 heavy (non-hydrogen) atoms. The number of anilines is 1. The summed E-state index contributed by atoms with van der Waals surface area (Å²) >= 11 is 0. The lowest BCUT2D eigenvalue weighted by Crippen LogP contribution is -2.06. The van der Waals surface area contributed by atoms with Crippen LogP contribution in [0.5, 0.6) is 0 Å². The molecular weight excluding hydrogens is 260 g/mol. The molecule has 1 N–H and O–H groups in total. The molecule has 1 heterocycles. The van der Waals surface area contributed by atoms with Gasteiger partial charge in [-0.1, -0.05) is 13.8 Å². The highest BCUT2D eigenvalue weighted by molar-refractivity contribution is 5.63. The Morgan fingerprint density at radius 2 is 1.90 bits per heavy atom. The predicted molar refractivity (Wildman–Crippen MR) is 75.5 cm³/mol. The van der Waals surface area contributed by atoms with Gasteiger partial charge >= 0.3 is 0 Å². The van der Waals surface area contributed by atoms with Crippen LogP contribution < -0.4 is 5.32 Å². The Morgan fingerprint density at radius 3 is 2.55 bits per heavy atom. The Kier molecular flexibility index (Phi) is 4.61. The van der Waals surface area contributed by atoms with Gasteiger partial charge in [-0.3, -0.25) is 0 Å². The molecule has 0 atom stereocenters. The zero-order chi connectivity index (χ0) is 14.5. The minimum absolute atomic E-state index is 0.281. The Labute approximate surface area is 117 Å². The average molecular weight is 277 g/mol. The number of hydrogen-bond donors (Lipinski definition) is 1. The fourth-order valence-corrected chi connectivity index (χ4v) is 1.83. The van der Waals surface area contributed by atoms with Crippen LogP contribution in [0.3, 0.4) is 0 Å². The molecule has 5 heteroatoms. The first-order valence-corrected chi connectivity index (χ1v) is 6.71. The number of benzene rings is 1. The Balaban J connectivity index is 2.44. The molecular formula is C15H17F2N3. The van der Waals surface area contributed by atoms with Crippen molar-refractivity contribution in [3.05, 3.63) is 41.7 Å². The van der Waals surface area contributed by atoms with Crippen LogP contribution >= 0.6 is 0 Å². The van der Waals surface area contributed by atoms with Crippen LogP contribution in [0.2, 0.25) is 0 Å². The summed E-state index contributed by atoms with van der Waals surface area (Å²) in [6.07, 6.45) is 1.61. The second kappa shape index (κ2) is 6.41. The maximum absolute atomic E-state index is 13.8. The monoisotopic (exact) mass is 277 g/mol. The van der Waals surface area contributed by atoms with Crippen LogP contribution in [0.25, 0.3) is 11.3 Å². The lowest BCUT2D eigenvalue weighted by Gasteiger charge is -2.09. The van der Waals surface area contributed by atoms with E-state index in [9.17, 15) is 8.78 Å². The van der Waals surface area contributed by atoms with Crippen LogP contribution in [0, 0.1) is 11.6 Å². The molecule has 1 aromatic heterocycles. The summed E-state index contributed by atoms with van der Waals surface area (Å²) < 4.78 is 26.8. The Bertz CT molecular complexity index is 600. The minimum Gasteiger partial charge on any atom is -0.370 e. The van der Waals surface area contributed by atoms with Crippen molar-refractivity contribution in [2.75, 3.05) is 11.9 Å². The molecule has 0 unspecified atom stereocenters. The van der Waals surface area contributed by atoms with Crippen molar-refractivity contribution in [3.8, 4) is 11.3 Å². The molecule has 2 aromatic rings. The van der Waals surface area contributed by atoms with E-state index in [1.165, 1.54) is 12.1 Å². The van der Waals surface area contributed by atoms with Gasteiger partial charge in [-0.2, -0.15) is 0 Å². The molecule has 0 fully saturated rings. The summed E-state index contributed by atoms with van der Waals surface area (Å²) in [6, 6.07) is 5.18. The van der Waals surface area contributed by atoms with Gasteiger partial charge in [-0.25, -0.2) is 18.7 Å². The van der Waals surface area contributed by atoms with Gasteiger partial charge in [0.25, 0.3) is 0 Å². The zero-order valence-corrected chi connectivity index (χ0v) is 11.6. The second-order valence-corrected chi connectivity index (χ2v) is 4.46. The van der Waals surface area contributed by atoms with Gasteiger partial charge in [-0.05, 0) is 18.6 Å². The average Bonchev–Trinajstić information content (AvgIpc) is 2.44. The predicted octanol–water partition coefficient (Wildman–Crippen LogP) is 3.81. The quantitative estimate of drug-likeness (QED) is 0.903. The minimum atomic E-state index is -0.618. The molecule has 0 aliphatic rings. The highest BCUT2D eigenvalue weighted by Gasteiger charge is 2.10. The molecule has 106 valence electrons. The fraction of sp³-hybridized carbons (Fsp3) is 0.333. The molecule has 0 aliphatic heterocycles. The third kappa shape index (κ3) is 3.29. The molecule has 1 aromatic carbocycles. The first kappa shape index (κ1) is 14.4. The number of hydrogen-bond acceptors (Lipinski definition) is 3. The normalized spacial score (nSPS) is 10.6. The van der Waals surface area contributed by atoms with Crippen LogP contribution in [-0.2, 0) is 6.42 Å². The lowest BCUT2D eigenvalue weighted by molar-refractivity contribution is 0.585. The number of rotatable bonds is 5. The number of nitrogens with zero attached hydrogens (tertiary/aromatic N) is 2. The molecule has 0 saturated heterocycles. The Hall–Kier alpha value is -2.04. The summed E-state index contributed by atoms with van der Waals surface area (Å²) in [4.78, 5) is 8.65. The van der Waals surface area contributed by atoms with Crippen molar-refractivity contribution < 1.29 is 8.78 Å². The molecule has 2 rings (SSSR count). The Morgan fingerprint density at radius 1 is 1.10 bits per heavy atom. The summed E-state index contributed by atoms with van der Waals surface area (Å²) in [7, 11) is 0. The summed E-state index contributed by atoms with van der Waals surface area (Å²) in [5.41, 5.74) is 0.746. The van der Waals surface area contributed by atoms with Gasteiger partial charge in [0.15, 0.2) is 0 Å². The van der Waals surface area contributed by atoms with Gasteiger partial charge < -0.3 is 5.32 Å². The molecule has 3 nitrogen and oxygen atoms in total. The lowest BCUT2D eigenvalue weighted by atomic mass is 10.1. The van der Waals surface area contributed by atoms with E-state index >= 15 is 0 Å². The third-order valence-corrected chi connectivity index (χ3v) is 2.85. The smallest absolute Gasteiger partial charge is 0.135 e. The van der Waals surface area contributed by atoms with E-state index in [4.69, 9.17) is 0 Å². The standard InChI is InChI=1S/C15H17F2N3/c1-3-7-18-15-9-13(19-14(4-2)20-15)11-6-5-10(16)8-12(11)17/h5-6,8-9H,3-4,7H2,1-2H3,(H,18,19,20). The van der Waals surface area contributed by atoms with Crippen molar-refractivity contribution >= 4 is 5.82 Å². The molecule has 0 spiro atoms. The van der Waals surface area contributed by atoms with Gasteiger partial charge in [0.1, 0.15) is 23.3 Å². The van der Waals surface area contributed by atoms with E-state index in [0.717, 1.165) is 19.0 Å². The number of aromatic nitrogens is 2. The van der Waals surface area contributed by atoms with Gasteiger partial charge in [0.2, 0.25) is 0 Å². The largest absolute Gasteiger partial charge is 0.370 e. The van der Waals surface area contributed by atoms with Crippen molar-refractivity contribution in [3.63, 3.8) is 0 Å². The van der Waals surface area contributed by atoms with Gasteiger partial charge in [-0.15, -0.1) is 0 Å². The van der Waals surface area contributed by atoms with Crippen molar-refractivity contribution in [2.45, 2.75) is 26.7 Å². The maximum Gasteiger partial charge on any atom is 0.135 e. The highest BCUT2D eigenvalue weighted by atomic mass is 19.1. The third-order valence-electron chi connectivity index (χ3n) is 2.85. The number of nitrogens with one attached hydrogen (secondary N) is 1. The van der Waals surface area contributed by atoms with Crippen LogP contribution in [-0.4, -0.2) is 16.5 Å². The van der Waals surface area contributed by atoms with Gasteiger partial charge in [0, 0.05) is 30.7 Å². The van der Waals surface area contributed by atoms with E-state index < -0.39 is 11.6 Å². The van der Waals surface area contributed by atoms with Crippen LogP contribution in [0.4, 0.5) is 14.6 Å². The van der Waals surface area contributed by atoms with Crippen LogP contribution in [0.15, 0.2) is 24.3 Å². The summed E-state index contributed by atoms with van der Waals surface area (Å²) in [6.45, 7) is 4.77. The molecule has 0 bridgehead atoms. The van der Waals surface area contributed by atoms with Crippen molar-refractivity contribution in [1.29, 1.82) is 0 Å². The van der Waals surface area contributed by atoms with E-state index in [2.05, 4.69) is 22.2 Å². The molecule has 0 amide bonds. The summed E-state index contributed by atoms with van der Waals surface area (Å²) in [5, 5.41) is 3.16. The topological polar surface area (TPSA) is 37.8 Å². The van der Waals surface area contributed by atoms with Crippen LogP contribution in [0.1, 0.15) is 26.1 Å². The van der Waals surface area contributed by atoms with E-state index in [1.807, 2.05) is 6.92 Å². The summed E-state index contributed by atoms with van der Waals surface area (Å²) in [5.74, 6) is 0.0785. The van der Waals surface area contributed by atoms with Gasteiger partial charge in [0.05, 0.1) is 5.69 Å². The molecule has 0 radical (unpaired) electrons.